The first-order valence-electron chi connectivity index (χ1n) is 11.7. The number of benzene rings is 2. The second kappa shape index (κ2) is 10.5. The van der Waals surface area contributed by atoms with Gasteiger partial charge in [0.1, 0.15) is 5.82 Å². The molecule has 2 aromatic heterocycles. The standard InChI is InChI=1S/C26H29BrN6O/c27-23-15-29-26(31-20-9-7-18(8-10-20)16-33-11-3-4-12-33)32-25(23)30-21(17-34)13-19-14-28-24-6-2-1-5-22(19)24/h1-2,5-10,14-15,21,28,34H,3-4,11-13,16-17H2,(H2,29,30,31,32)/t21-/m1/s1. The van der Waals surface area contributed by atoms with E-state index >= 15 is 0 Å². The van der Waals surface area contributed by atoms with Crippen LogP contribution >= 0.6 is 15.9 Å². The van der Waals surface area contributed by atoms with Crippen molar-refractivity contribution in [3.05, 3.63) is 76.5 Å². The minimum absolute atomic E-state index is 0.0167. The summed E-state index contributed by atoms with van der Waals surface area (Å²) in [5.74, 6) is 1.14. The van der Waals surface area contributed by atoms with Gasteiger partial charge in [-0.15, -0.1) is 0 Å². The van der Waals surface area contributed by atoms with E-state index in [9.17, 15) is 5.11 Å². The molecule has 0 saturated carbocycles. The summed E-state index contributed by atoms with van der Waals surface area (Å²) in [7, 11) is 0. The Hall–Kier alpha value is -2.94. The number of hydrogen-bond donors (Lipinski definition) is 4. The van der Waals surface area contributed by atoms with Crippen LogP contribution in [0.3, 0.4) is 0 Å². The molecular formula is C26H29BrN6O. The number of aliphatic hydroxyl groups is 1. The molecule has 0 aliphatic carbocycles. The molecule has 3 heterocycles. The van der Waals surface area contributed by atoms with E-state index in [1.54, 1.807) is 6.20 Å². The normalized spacial score (nSPS) is 15.0. The van der Waals surface area contributed by atoms with Crippen LogP contribution in [0, 0.1) is 0 Å². The molecule has 1 aliphatic heterocycles. The third kappa shape index (κ3) is 5.41. The van der Waals surface area contributed by atoms with E-state index in [1.807, 2.05) is 18.3 Å². The SMILES string of the molecule is OC[C@@H](Cc1c[nH]c2ccccc12)Nc1nc(Nc2ccc(CN3CCCC3)cc2)ncc1Br. The minimum atomic E-state index is -0.192. The van der Waals surface area contributed by atoms with Gasteiger partial charge in [0.15, 0.2) is 0 Å². The number of H-pyrrole nitrogens is 1. The molecular weight excluding hydrogens is 492 g/mol. The fourth-order valence-corrected chi connectivity index (χ4v) is 4.78. The van der Waals surface area contributed by atoms with Gasteiger partial charge in [-0.2, -0.15) is 4.98 Å². The van der Waals surface area contributed by atoms with Gasteiger partial charge in [-0.1, -0.05) is 30.3 Å². The molecule has 0 amide bonds. The molecule has 7 nitrogen and oxygen atoms in total. The summed E-state index contributed by atoms with van der Waals surface area (Å²) in [6.45, 7) is 3.37. The van der Waals surface area contributed by atoms with Crippen molar-refractivity contribution in [2.24, 2.45) is 0 Å². The number of fused-ring (bicyclic) bond motifs is 1. The van der Waals surface area contributed by atoms with Crippen LogP contribution < -0.4 is 10.6 Å². The summed E-state index contributed by atoms with van der Waals surface area (Å²) in [6, 6.07) is 16.4. The average molecular weight is 521 g/mol. The Morgan fingerprint density at radius 3 is 2.68 bits per heavy atom. The van der Waals surface area contributed by atoms with Crippen LogP contribution in [0.5, 0.6) is 0 Å². The molecule has 5 rings (SSSR count). The lowest BCUT2D eigenvalue weighted by molar-refractivity contribution is 0.273. The van der Waals surface area contributed by atoms with Crippen molar-refractivity contribution in [3.63, 3.8) is 0 Å². The highest BCUT2D eigenvalue weighted by molar-refractivity contribution is 9.10. The van der Waals surface area contributed by atoms with Crippen LogP contribution in [-0.4, -0.2) is 50.7 Å². The van der Waals surface area contributed by atoms with Crippen molar-refractivity contribution in [3.8, 4) is 0 Å². The van der Waals surface area contributed by atoms with Gasteiger partial charge in [-0.25, -0.2) is 4.98 Å². The Labute approximate surface area is 207 Å². The number of aromatic amines is 1. The molecule has 34 heavy (non-hydrogen) atoms. The molecule has 1 aliphatic rings. The molecule has 1 fully saturated rings. The maximum Gasteiger partial charge on any atom is 0.229 e. The van der Waals surface area contributed by atoms with Crippen molar-refractivity contribution in [1.82, 2.24) is 19.9 Å². The van der Waals surface area contributed by atoms with Crippen LogP contribution in [0.25, 0.3) is 10.9 Å². The van der Waals surface area contributed by atoms with Crippen molar-refractivity contribution in [2.75, 3.05) is 30.3 Å². The van der Waals surface area contributed by atoms with Gasteiger partial charge >= 0.3 is 0 Å². The van der Waals surface area contributed by atoms with E-state index in [0.717, 1.165) is 27.8 Å². The van der Waals surface area contributed by atoms with Crippen LogP contribution in [0.15, 0.2) is 65.4 Å². The number of halogens is 1. The number of likely N-dealkylation sites (tertiary alicyclic amines) is 1. The lowest BCUT2D eigenvalue weighted by Crippen LogP contribution is -2.27. The topological polar surface area (TPSA) is 89.1 Å². The Kier molecular flexibility index (Phi) is 7.08. The summed E-state index contributed by atoms with van der Waals surface area (Å²) in [5, 5.41) is 17.9. The smallest absolute Gasteiger partial charge is 0.229 e. The Morgan fingerprint density at radius 2 is 1.88 bits per heavy atom. The minimum Gasteiger partial charge on any atom is -0.394 e. The van der Waals surface area contributed by atoms with E-state index in [2.05, 4.69) is 82.8 Å². The lowest BCUT2D eigenvalue weighted by atomic mass is 10.1. The predicted octanol–water partition coefficient (Wildman–Crippen LogP) is 5.08. The number of anilines is 3. The van der Waals surface area contributed by atoms with Gasteiger partial charge in [0.05, 0.1) is 17.1 Å². The maximum atomic E-state index is 10.0. The van der Waals surface area contributed by atoms with Crippen LogP contribution in [0.1, 0.15) is 24.0 Å². The molecule has 0 radical (unpaired) electrons. The Morgan fingerprint density at radius 1 is 1.09 bits per heavy atom. The highest BCUT2D eigenvalue weighted by atomic mass is 79.9. The second-order valence-corrected chi connectivity index (χ2v) is 9.64. The van der Waals surface area contributed by atoms with E-state index in [0.29, 0.717) is 18.2 Å². The number of nitrogens with one attached hydrogen (secondary N) is 3. The number of aliphatic hydroxyl groups excluding tert-OH is 1. The molecule has 1 saturated heterocycles. The van der Waals surface area contributed by atoms with E-state index in [-0.39, 0.29) is 12.6 Å². The highest BCUT2D eigenvalue weighted by Crippen LogP contribution is 2.25. The van der Waals surface area contributed by atoms with Crippen LogP contribution in [0.2, 0.25) is 0 Å². The largest absolute Gasteiger partial charge is 0.394 e. The zero-order chi connectivity index (χ0) is 23.3. The quantitative estimate of drug-likeness (QED) is 0.246. The van der Waals surface area contributed by atoms with Crippen molar-refractivity contribution >= 4 is 44.3 Å². The molecule has 4 aromatic rings. The number of para-hydroxylation sites is 1. The van der Waals surface area contributed by atoms with Gasteiger partial charge in [0, 0.05) is 35.5 Å². The molecule has 0 unspecified atom stereocenters. The van der Waals surface area contributed by atoms with Crippen LogP contribution in [0.4, 0.5) is 17.5 Å². The first-order valence-corrected chi connectivity index (χ1v) is 12.5. The summed E-state index contributed by atoms with van der Waals surface area (Å²) < 4.78 is 0.747. The predicted molar refractivity (Wildman–Crippen MR) is 140 cm³/mol. The number of hydrogen-bond acceptors (Lipinski definition) is 6. The molecule has 2 aromatic carbocycles. The number of nitrogens with zero attached hydrogens (tertiary/aromatic N) is 3. The fraction of sp³-hybridized carbons (Fsp3) is 0.308. The van der Waals surface area contributed by atoms with E-state index in [4.69, 9.17) is 0 Å². The fourth-order valence-electron chi connectivity index (χ4n) is 4.47. The van der Waals surface area contributed by atoms with E-state index < -0.39 is 0 Å². The molecule has 176 valence electrons. The zero-order valence-corrected chi connectivity index (χ0v) is 20.6. The summed E-state index contributed by atoms with van der Waals surface area (Å²) in [4.78, 5) is 14.8. The zero-order valence-electron chi connectivity index (χ0n) is 19.0. The number of rotatable bonds is 9. The molecule has 0 spiro atoms. The van der Waals surface area contributed by atoms with Gasteiger partial charge in [0.2, 0.25) is 5.95 Å². The van der Waals surface area contributed by atoms with Crippen molar-refractivity contribution < 1.29 is 5.11 Å². The van der Waals surface area contributed by atoms with Gasteiger partial charge in [0.25, 0.3) is 0 Å². The average Bonchev–Trinajstić information content (AvgIpc) is 3.52. The molecule has 0 bridgehead atoms. The highest BCUT2D eigenvalue weighted by Gasteiger charge is 2.15. The van der Waals surface area contributed by atoms with Gasteiger partial charge in [-0.05, 0) is 77.6 Å². The Bertz CT molecular complexity index is 1240. The van der Waals surface area contributed by atoms with E-state index in [1.165, 1.54) is 36.9 Å². The molecule has 8 heteroatoms. The maximum absolute atomic E-state index is 10.0. The van der Waals surface area contributed by atoms with Gasteiger partial charge < -0.3 is 20.7 Å². The lowest BCUT2D eigenvalue weighted by Gasteiger charge is -2.18. The second-order valence-electron chi connectivity index (χ2n) is 8.78. The molecule has 4 N–H and O–H groups in total. The molecule has 1 atom stereocenters. The number of aromatic nitrogens is 3. The Balaban J connectivity index is 1.25. The van der Waals surface area contributed by atoms with Gasteiger partial charge in [-0.3, -0.25) is 4.90 Å². The van der Waals surface area contributed by atoms with Crippen molar-refractivity contribution in [2.45, 2.75) is 31.8 Å². The third-order valence-corrected chi connectivity index (χ3v) is 6.84. The van der Waals surface area contributed by atoms with Crippen molar-refractivity contribution in [1.29, 1.82) is 0 Å². The van der Waals surface area contributed by atoms with Crippen LogP contribution in [-0.2, 0) is 13.0 Å². The summed E-state index contributed by atoms with van der Waals surface area (Å²) in [5.41, 5.74) is 4.50. The summed E-state index contributed by atoms with van der Waals surface area (Å²) in [6.07, 6.45) is 6.99. The third-order valence-electron chi connectivity index (χ3n) is 6.26. The monoisotopic (exact) mass is 520 g/mol. The summed E-state index contributed by atoms with van der Waals surface area (Å²) >= 11 is 3.53. The first-order chi connectivity index (χ1) is 16.7. The first kappa shape index (κ1) is 22.8.